The maximum atomic E-state index is 13.8. The lowest BCUT2D eigenvalue weighted by Crippen LogP contribution is -2.44. The number of hydrogen-bond acceptors (Lipinski definition) is 6. The van der Waals surface area contributed by atoms with Crippen LogP contribution in [0.5, 0.6) is 11.5 Å². The minimum Gasteiger partial charge on any atom is -0.508 e. The van der Waals surface area contributed by atoms with E-state index in [1.54, 1.807) is 47.2 Å². The molecular formula is C43H50N3O4+. The van der Waals surface area contributed by atoms with Crippen LogP contribution in [0, 0.1) is 5.92 Å². The van der Waals surface area contributed by atoms with Gasteiger partial charge >= 0.3 is 11.7 Å². The van der Waals surface area contributed by atoms with Crippen molar-refractivity contribution in [3.05, 3.63) is 107 Å². The highest BCUT2D eigenvalue weighted by molar-refractivity contribution is 6.28. The summed E-state index contributed by atoms with van der Waals surface area (Å²) in [5.74, 6) is 1.24. The number of unbranched alkanes of at least 4 members (excludes halogenated alkanes) is 10. The second-order valence-electron chi connectivity index (χ2n) is 14.0. The van der Waals surface area contributed by atoms with E-state index in [2.05, 4.69) is 18.3 Å². The lowest BCUT2D eigenvalue weighted by Gasteiger charge is -2.24. The first kappa shape index (κ1) is 35.1. The predicted molar refractivity (Wildman–Crippen MR) is 198 cm³/mol. The van der Waals surface area contributed by atoms with E-state index >= 15 is 0 Å². The molecule has 1 aliphatic heterocycles. The maximum absolute atomic E-state index is 13.8. The van der Waals surface area contributed by atoms with E-state index in [0.717, 1.165) is 40.7 Å². The summed E-state index contributed by atoms with van der Waals surface area (Å²) < 4.78 is 1.65. The molecule has 6 rings (SSSR count). The SMILES string of the molecule is CCCCCCCCCCCCCC1C=C(c2ccc(CC3Nc4c(Cc5ccc(O)cc5)nc(-c5ccc(O)cc5)c[n+]4C3=O)cc2)C1=O. The molecule has 7 nitrogen and oxygen atoms in total. The number of carbonyl (C=O) groups excluding carboxylic acids is 2. The number of nitrogens with one attached hydrogen (secondary N) is 1. The summed E-state index contributed by atoms with van der Waals surface area (Å²) >= 11 is 0. The molecule has 0 spiro atoms. The Bertz CT molecular complexity index is 1800. The highest BCUT2D eigenvalue weighted by Crippen LogP contribution is 2.34. The highest BCUT2D eigenvalue weighted by Gasteiger charge is 2.41. The van der Waals surface area contributed by atoms with Crippen molar-refractivity contribution in [1.82, 2.24) is 4.98 Å². The molecule has 3 N–H and O–H groups in total. The van der Waals surface area contributed by atoms with E-state index in [4.69, 9.17) is 4.98 Å². The van der Waals surface area contributed by atoms with Crippen molar-refractivity contribution in [3.63, 3.8) is 0 Å². The molecular weight excluding hydrogens is 622 g/mol. The molecule has 3 aromatic carbocycles. The minimum atomic E-state index is -0.476. The zero-order valence-electron chi connectivity index (χ0n) is 29.2. The van der Waals surface area contributed by atoms with Crippen molar-refractivity contribution in [1.29, 1.82) is 0 Å². The van der Waals surface area contributed by atoms with Gasteiger partial charge < -0.3 is 10.2 Å². The number of benzene rings is 3. The zero-order chi connectivity index (χ0) is 34.9. The van der Waals surface area contributed by atoms with Crippen LogP contribution >= 0.6 is 0 Å². The number of rotatable bonds is 18. The Balaban J connectivity index is 1.04. The van der Waals surface area contributed by atoms with Crippen LogP contribution in [0.1, 0.15) is 111 Å². The summed E-state index contributed by atoms with van der Waals surface area (Å²) in [6, 6.07) is 21.3. The number of Topliss-reactive ketones (excluding diaryl/α,β-unsaturated/α-hetero) is 1. The second-order valence-corrected chi connectivity index (χ2v) is 14.0. The summed E-state index contributed by atoms with van der Waals surface area (Å²) in [5.41, 5.74) is 5.84. The van der Waals surface area contributed by atoms with Gasteiger partial charge in [0.1, 0.15) is 29.1 Å². The molecule has 4 aromatic rings. The van der Waals surface area contributed by atoms with Crippen LogP contribution in [-0.4, -0.2) is 32.9 Å². The van der Waals surface area contributed by atoms with Gasteiger partial charge in [0.15, 0.2) is 11.8 Å². The molecule has 2 aliphatic rings. The Hall–Kier alpha value is -4.78. The van der Waals surface area contributed by atoms with Crippen molar-refractivity contribution < 1.29 is 24.4 Å². The third-order valence-electron chi connectivity index (χ3n) is 10.1. The zero-order valence-corrected chi connectivity index (χ0v) is 29.2. The Morgan fingerprint density at radius 1 is 0.700 bits per heavy atom. The largest absolute Gasteiger partial charge is 0.508 e. The van der Waals surface area contributed by atoms with Gasteiger partial charge in [-0.3, -0.25) is 10.1 Å². The van der Waals surface area contributed by atoms with Crippen LogP contribution in [0.3, 0.4) is 0 Å². The minimum absolute atomic E-state index is 0.0509. The molecule has 260 valence electrons. The molecule has 0 amide bonds. The van der Waals surface area contributed by atoms with E-state index in [-0.39, 0.29) is 29.1 Å². The number of nitrogens with zero attached hydrogens (tertiary/aromatic N) is 2. The molecule has 0 fully saturated rings. The van der Waals surface area contributed by atoms with Crippen LogP contribution in [0.15, 0.2) is 85.1 Å². The lowest BCUT2D eigenvalue weighted by atomic mass is 9.78. The summed E-state index contributed by atoms with van der Waals surface area (Å²) in [6.45, 7) is 2.26. The van der Waals surface area contributed by atoms with Gasteiger partial charge in [-0.15, -0.1) is 0 Å². The van der Waals surface area contributed by atoms with Crippen LogP contribution in [0.4, 0.5) is 5.82 Å². The first-order valence-corrected chi connectivity index (χ1v) is 18.6. The Morgan fingerprint density at radius 3 is 1.88 bits per heavy atom. The van der Waals surface area contributed by atoms with E-state index < -0.39 is 6.04 Å². The number of ketones is 1. The number of hydrogen-bond donors (Lipinski definition) is 3. The second kappa shape index (κ2) is 16.8. The topological polar surface area (TPSA) is 103 Å². The standard InChI is InChI=1S/C43H49N3O4/c1-2-3-4-5-6-7-8-9-10-11-12-13-34-28-37(41(34)49)32-18-14-30(15-19-32)27-39-43(50)46-29-40(33-20-24-36(48)25-21-33)44-38(42(46)45-39)26-31-16-22-35(47)23-17-31/h14-25,28-29,34,39,47-48H,2-13,26-27H2,1H3/p+1. The fraction of sp³-hybridized carbons (Fsp3) is 0.395. The third-order valence-corrected chi connectivity index (χ3v) is 10.1. The van der Waals surface area contributed by atoms with Gasteiger partial charge in [-0.2, -0.15) is 4.57 Å². The fourth-order valence-electron chi connectivity index (χ4n) is 7.11. The van der Waals surface area contributed by atoms with Gasteiger partial charge in [0, 0.05) is 29.9 Å². The summed E-state index contributed by atoms with van der Waals surface area (Å²) in [6.07, 6.45) is 20.2. The van der Waals surface area contributed by atoms with E-state index in [0.29, 0.717) is 30.0 Å². The normalized spacial score (nSPS) is 16.5. The molecule has 1 aromatic heterocycles. The highest BCUT2D eigenvalue weighted by atomic mass is 16.3. The molecule has 2 heterocycles. The summed E-state index contributed by atoms with van der Waals surface area (Å²) in [4.78, 5) is 31.7. The molecule has 0 saturated heterocycles. The van der Waals surface area contributed by atoms with Gasteiger partial charge in [0.2, 0.25) is 0 Å². The monoisotopic (exact) mass is 672 g/mol. The van der Waals surface area contributed by atoms with Crippen LogP contribution in [0.2, 0.25) is 0 Å². The van der Waals surface area contributed by atoms with E-state index in [1.165, 1.54) is 64.2 Å². The van der Waals surface area contributed by atoms with Gasteiger partial charge in [-0.25, -0.2) is 9.78 Å². The molecule has 50 heavy (non-hydrogen) atoms. The molecule has 2 atom stereocenters. The smallest absolute Gasteiger partial charge is 0.359 e. The molecule has 0 bridgehead atoms. The third kappa shape index (κ3) is 8.68. The molecule has 0 saturated carbocycles. The van der Waals surface area contributed by atoms with Crippen molar-refractivity contribution >= 4 is 23.1 Å². The maximum Gasteiger partial charge on any atom is 0.359 e. The van der Waals surface area contributed by atoms with E-state index in [1.807, 2.05) is 36.4 Å². The van der Waals surface area contributed by atoms with Crippen LogP contribution in [-0.2, 0) is 17.6 Å². The number of allylic oxidation sites excluding steroid dienone is 2. The van der Waals surface area contributed by atoms with Crippen molar-refractivity contribution in [2.45, 2.75) is 103 Å². The number of aromatic hydroxyl groups is 2. The number of carbonyl (C=O) groups is 2. The number of phenolic OH excluding ortho intramolecular Hbond substituents is 2. The fourth-order valence-corrected chi connectivity index (χ4v) is 7.11. The van der Waals surface area contributed by atoms with E-state index in [9.17, 15) is 19.8 Å². The summed E-state index contributed by atoms with van der Waals surface area (Å²) in [5, 5.41) is 23.0. The Morgan fingerprint density at radius 2 is 1.26 bits per heavy atom. The average molecular weight is 673 g/mol. The number of phenols is 2. The lowest BCUT2D eigenvalue weighted by molar-refractivity contribution is -0.552. The Kier molecular flexibility index (Phi) is 11.7. The van der Waals surface area contributed by atoms with Crippen LogP contribution in [0.25, 0.3) is 16.8 Å². The molecule has 7 heteroatoms. The Labute approximate surface area is 296 Å². The van der Waals surface area contributed by atoms with Gasteiger partial charge in [-0.1, -0.05) is 120 Å². The summed E-state index contributed by atoms with van der Waals surface area (Å²) in [7, 11) is 0. The van der Waals surface area contributed by atoms with Gasteiger partial charge in [0.05, 0.1) is 0 Å². The molecule has 1 aliphatic carbocycles. The predicted octanol–water partition coefficient (Wildman–Crippen LogP) is 9.00. The molecule has 0 radical (unpaired) electrons. The molecule has 2 unspecified atom stereocenters. The number of fused-ring (bicyclic) bond motifs is 1. The van der Waals surface area contributed by atoms with Crippen molar-refractivity contribution in [3.8, 4) is 22.8 Å². The van der Waals surface area contributed by atoms with Crippen LogP contribution < -0.4 is 9.88 Å². The number of anilines is 1. The quantitative estimate of drug-likeness (QED) is 0.0720. The first-order valence-electron chi connectivity index (χ1n) is 18.6. The van der Waals surface area contributed by atoms with Gasteiger partial charge in [-0.05, 0) is 59.5 Å². The average Bonchev–Trinajstić information content (AvgIpc) is 3.44. The van der Waals surface area contributed by atoms with Crippen molar-refractivity contribution in [2.24, 2.45) is 5.92 Å². The van der Waals surface area contributed by atoms with Crippen molar-refractivity contribution in [2.75, 3.05) is 5.32 Å². The van der Waals surface area contributed by atoms with Gasteiger partial charge in [0.25, 0.3) is 0 Å². The number of aromatic nitrogens is 2. The first-order chi connectivity index (χ1) is 24.4.